The molecule has 0 unspecified atom stereocenters. The average Bonchev–Trinajstić information content (AvgIpc) is 2.70. The van der Waals surface area contributed by atoms with E-state index in [-0.39, 0.29) is 0 Å². The number of benzene rings is 2. The van der Waals surface area contributed by atoms with Gasteiger partial charge >= 0.3 is 0 Å². The number of nitrogens with zero attached hydrogens (tertiary/aromatic N) is 1. The van der Waals surface area contributed by atoms with E-state index in [1.165, 1.54) is 42.7 Å². The molecule has 0 fully saturated rings. The van der Waals surface area contributed by atoms with E-state index in [0.717, 1.165) is 11.1 Å². The van der Waals surface area contributed by atoms with Gasteiger partial charge in [-0.3, -0.25) is 0 Å². The van der Waals surface area contributed by atoms with Gasteiger partial charge in [-0.05, 0) is 11.1 Å². The smallest absolute Gasteiger partial charge is 0.211 e. The number of unbranched alkanes of at least 4 members (excludes halogenated alkanes) is 3. The van der Waals surface area contributed by atoms with Gasteiger partial charge in [0.2, 0.25) is 10.0 Å². The largest absolute Gasteiger partial charge is 0.212 e. The van der Waals surface area contributed by atoms with Gasteiger partial charge in [0.1, 0.15) is 0 Å². The van der Waals surface area contributed by atoms with Crippen LogP contribution in [0.3, 0.4) is 0 Å². The van der Waals surface area contributed by atoms with Crippen LogP contribution in [-0.2, 0) is 23.1 Å². The zero-order chi connectivity index (χ0) is 21.3. The molecular weight excluding hydrogens is 366 g/mol. The maximum atomic E-state index is 11.9. The third-order valence-electron chi connectivity index (χ3n) is 4.08. The second-order valence-corrected chi connectivity index (χ2v) is 8.84. The summed E-state index contributed by atoms with van der Waals surface area (Å²) in [5.74, 6) is 0. The van der Waals surface area contributed by atoms with Crippen molar-refractivity contribution in [3.63, 3.8) is 0 Å². The zero-order valence-corrected chi connectivity index (χ0v) is 19.2. The molecule has 0 saturated carbocycles. The molecular formula is C24H39NO2S. The zero-order valence-electron chi connectivity index (χ0n) is 18.4. The van der Waals surface area contributed by atoms with E-state index in [2.05, 4.69) is 27.7 Å². The fraction of sp³-hybridized carbons (Fsp3) is 0.500. The molecule has 0 heterocycles. The summed E-state index contributed by atoms with van der Waals surface area (Å²) < 4.78 is 25.2. The first kappa shape index (κ1) is 26.4. The van der Waals surface area contributed by atoms with Crippen LogP contribution in [0.4, 0.5) is 0 Å². The van der Waals surface area contributed by atoms with E-state index < -0.39 is 10.0 Å². The summed E-state index contributed by atoms with van der Waals surface area (Å²) >= 11 is 0. The van der Waals surface area contributed by atoms with E-state index in [0.29, 0.717) is 13.1 Å². The Morgan fingerprint density at radius 2 is 1.00 bits per heavy atom. The Bertz CT molecular complexity index is 640. The van der Waals surface area contributed by atoms with Crippen LogP contribution < -0.4 is 0 Å². The normalized spacial score (nSPS) is 10.5. The highest BCUT2D eigenvalue weighted by atomic mass is 32.2. The Hall–Kier alpha value is -1.65. The molecule has 2 aromatic carbocycles. The molecule has 0 bridgehead atoms. The van der Waals surface area contributed by atoms with Gasteiger partial charge in [0, 0.05) is 13.1 Å². The molecule has 2 rings (SSSR count). The molecule has 0 atom stereocenters. The van der Waals surface area contributed by atoms with Crippen LogP contribution in [0.2, 0.25) is 0 Å². The van der Waals surface area contributed by atoms with E-state index in [9.17, 15) is 8.42 Å². The molecule has 4 heteroatoms. The number of rotatable bonds is 8. The van der Waals surface area contributed by atoms with E-state index in [1.807, 2.05) is 60.7 Å². The fourth-order valence-electron chi connectivity index (χ4n) is 2.22. The Morgan fingerprint density at radius 1 is 0.643 bits per heavy atom. The van der Waals surface area contributed by atoms with Gasteiger partial charge in [-0.2, -0.15) is 4.31 Å². The monoisotopic (exact) mass is 405 g/mol. The minimum atomic E-state index is -3.23. The Balaban J connectivity index is 0.000000681. The molecule has 0 spiro atoms. The van der Waals surface area contributed by atoms with Crippen LogP contribution in [0.25, 0.3) is 0 Å². The molecule has 0 radical (unpaired) electrons. The lowest BCUT2D eigenvalue weighted by atomic mass is 10.2. The molecule has 0 aliphatic heterocycles. The Labute approximate surface area is 173 Å². The molecule has 0 aliphatic carbocycles. The summed E-state index contributed by atoms with van der Waals surface area (Å²) in [6.45, 7) is 9.58. The van der Waals surface area contributed by atoms with Crippen LogP contribution in [0.15, 0.2) is 60.7 Å². The predicted molar refractivity (Wildman–Crippen MR) is 123 cm³/mol. The summed E-state index contributed by atoms with van der Waals surface area (Å²) in [5.41, 5.74) is 1.98. The molecule has 0 saturated heterocycles. The Morgan fingerprint density at radius 3 is 1.21 bits per heavy atom. The molecule has 0 aromatic heterocycles. The van der Waals surface area contributed by atoms with Gasteiger partial charge in [0.05, 0.1) is 6.26 Å². The van der Waals surface area contributed by atoms with Gasteiger partial charge in [-0.1, -0.05) is 120 Å². The van der Waals surface area contributed by atoms with Crippen LogP contribution in [0.5, 0.6) is 0 Å². The van der Waals surface area contributed by atoms with Crippen LogP contribution in [-0.4, -0.2) is 19.0 Å². The lowest BCUT2D eigenvalue weighted by molar-refractivity contribution is 0.405. The first-order chi connectivity index (χ1) is 13.4. The highest BCUT2D eigenvalue weighted by Gasteiger charge is 2.17. The number of hydrogen-bond donors (Lipinski definition) is 0. The van der Waals surface area contributed by atoms with E-state index >= 15 is 0 Å². The predicted octanol–water partition coefficient (Wildman–Crippen LogP) is 6.65. The van der Waals surface area contributed by atoms with Gasteiger partial charge in [0.15, 0.2) is 0 Å². The van der Waals surface area contributed by atoms with Gasteiger partial charge in [-0.15, -0.1) is 0 Å². The highest BCUT2D eigenvalue weighted by molar-refractivity contribution is 7.88. The summed E-state index contributed by atoms with van der Waals surface area (Å²) in [7, 11) is -3.23. The van der Waals surface area contributed by atoms with Gasteiger partial charge in [0.25, 0.3) is 0 Å². The summed E-state index contributed by atoms with van der Waals surface area (Å²) in [6, 6.07) is 19.2. The van der Waals surface area contributed by atoms with Crippen molar-refractivity contribution in [2.75, 3.05) is 6.26 Å². The number of sulfonamides is 1. The molecule has 2 aromatic rings. The van der Waals surface area contributed by atoms with Crippen LogP contribution in [0, 0.1) is 0 Å². The van der Waals surface area contributed by atoms with Crippen molar-refractivity contribution in [2.24, 2.45) is 0 Å². The third-order valence-corrected chi connectivity index (χ3v) is 5.28. The molecule has 0 amide bonds. The van der Waals surface area contributed by atoms with Crippen molar-refractivity contribution in [1.82, 2.24) is 4.31 Å². The SMILES string of the molecule is CCCC.CCCCC.CS(=O)(=O)N(Cc1ccccc1)Cc1ccccc1. The van der Waals surface area contributed by atoms with Crippen LogP contribution in [0.1, 0.15) is 70.9 Å². The third kappa shape index (κ3) is 13.5. The van der Waals surface area contributed by atoms with Crippen molar-refractivity contribution in [3.05, 3.63) is 71.8 Å². The van der Waals surface area contributed by atoms with Gasteiger partial charge < -0.3 is 0 Å². The first-order valence-electron chi connectivity index (χ1n) is 10.4. The van der Waals surface area contributed by atoms with E-state index in [4.69, 9.17) is 0 Å². The topological polar surface area (TPSA) is 37.4 Å². The number of hydrogen-bond acceptors (Lipinski definition) is 2. The van der Waals surface area contributed by atoms with Crippen molar-refractivity contribution < 1.29 is 8.42 Å². The minimum absolute atomic E-state index is 0.397. The molecule has 3 nitrogen and oxygen atoms in total. The second kappa shape index (κ2) is 16.3. The minimum Gasteiger partial charge on any atom is -0.212 e. The lowest BCUT2D eigenvalue weighted by Crippen LogP contribution is -2.29. The molecule has 0 N–H and O–H groups in total. The summed E-state index contributed by atoms with van der Waals surface area (Å²) in [4.78, 5) is 0. The van der Waals surface area contributed by atoms with Crippen molar-refractivity contribution in [3.8, 4) is 0 Å². The molecule has 0 aliphatic rings. The molecule has 28 heavy (non-hydrogen) atoms. The fourth-order valence-corrected chi connectivity index (χ4v) is 2.99. The van der Waals surface area contributed by atoms with Crippen molar-refractivity contribution in [2.45, 2.75) is 72.9 Å². The highest BCUT2D eigenvalue weighted by Crippen LogP contribution is 2.13. The van der Waals surface area contributed by atoms with Crippen molar-refractivity contribution >= 4 is 10.0 Å². The summed E-state index contributed by atoms with van der Waals surface area (Å²) in [5, 5.41) is 0. The summed E-state index contributed by atoms with van der Waals surface area (Å²) in [6.07, 6.45) is 7.96. The van der Waals surface area contributed by atoms with Crippen molar-refractivity contribution in [1.29, 1.82) is 0 Å². The quantitative estimate of drug-likeness (QED) is 0.493. The van der Waals surface area contributed by atoms with Crippen LogP contribution >= 0.6 is 0 Å². The first-order valence-corrected chi connectivity index (χ1v) is 12.3. The average molecular weight is 406 g/mol. The van der Waals surface area contributed by atoms with Gasteiger partial charge in [-0.25, -0.2) is 8.42 Å². The maximum absolute atomic E-state index is 11.9. The Kier molecular flexibility index (Phi) is 15.4. The lowest BCUT2D eigenvalue weighted by Gasteiger charge is -2.20. The molecule has 158 valence electrons. The maximum Gasteiger partial charge on any atom is 0.211 e. The second-order valence-electron chi connectivity index (χ2n) is 6.86. The van der Waals surface area contributed by atoms with E-state index in [1.54, 1.807) is 0 Å². The standard InChI is InChI=1S/C15H17NO2S.C5H12.C4H10/c1-19(17,18)16(12-14-8-4-2-5-9-14)13-15-10-6-3-7-11-15;1-3-5-4-2;1-3-4-2/h2-11H,12-13H2,1H3;3-5H2,1-2H3;3-4H2,1-2H3.